The fourth-order valence-corrected chi connectivity index (χ4v) is 2.66. The molecule has 2 aromatic rings. The van der Waals surface area contributed by atoms with Gasteiger partial charge in [0.15, 0.2) is 0 Å². The second-order valence-corrected chi connectivity index (χ2v) is 5.99. The van der Waals surface area contributed by atoms with E-state index in [1.165, 1.54) is 17.0 Å². The van der Waals surface area contributed by atoms with Gasteiger partial charge < -0.3 is 10.6 Å². The molecule has 0 spiro atoms. The largest absolute Gasteiger partial charge is 0.378 e. The second kappa shape index (κ2) is 9.04. The molecule has 0 heterocycles. The lowest BCUT2D eigenvalue weighted by Gasteiger charge is -2.24. The minimum Gasteiger partial charge on any atom is -0.378 e. The van der Waals surface area contributed by atoms with Gasteiger partial charge >= 0.3 is 0 Å². The SMILES string of the molecule is CN(C)C(C(=O)NCCNc1ccccc1[N+](=O)[O-])c1c(F)cccc1F. The fourth-order valence-electron chi connectivity index (χ4n) is 2.66. The third kappa shape index (κ3) is 4.98. The van der Waals surface area contributed by atoms with Gasteiger partial charge in [0.2, 0.25) is 5.91 Å². The lowest BCUT2D eigenvalue weighted by Crippen LogP contribution is -2.39. The molecule has 1 atom stereocenters. The van der Waals surface area contributed by atoms with E-state index in [0.717, 1.165) is 12.1 Å². The van der Waals surface area contributed by atoms with Gasteiger partial charge in [-0.15, -0.1) is 0 Å². The summed E-state index contributed by atoms with van der Waals surface area (Å²) in [4.78, 5) is 24.3. The first-order valence-corrected chi connectivity index (χ1v) is 8.18. The smallest absolute Gasteiger partial charge is 0.292 e. The number of nitro benzene ring substituents is 1. The molecule has 1 amide bonds. The van der Waals surface area contributed by atoms with Crippen LogP contribution in [0.5, 0.6) is 0 Å². The molecular formula is C18H20F2N4O3. The van der Waals surface area contributed by atoms with Crippen LogP contribution in [0.2, 0.25) is 0 Å². The predicted octanol–water partition coefficient (Wildman–Crippen LogP) is 2.70. The number of nitro groups is 1. The van der Waals surface area contributed by atoms with Gasteiger partial charge in [0.05, 0.1) is 10.5 Å². The molecule has 0 radical (unpaired) electrons. The summed E-state index contributed by atoms with van der Waals surface area (Å²) in [6.45, 7) is 0.321. The second-order valence-electron chi connectivity index (χ2n) is 5.99. The number of carbonyl (C=O) groups excluding carboxylic acids is 1. The van der Waals surface area contributed by atoms with E-state index in [1.54, 1.807) is 32.3 Å². The topological polar surface area (TPSA) is 87.5 Å². The molecule has 0 saturated heterocycles. The molecule has 1 unspecified atom stereocenters. The molecule has 0 aromatic heterocycles. The molecule has 7 nitrogen and oxygen atoms in total. The summed E-state index contributed by atoms with van der Waals surface area (Å²) < 4.78 is 28.1. The lowest BCUT2D eigenvalue weighted by molar-refractivity contribution is -0.384. The van der Waals surface area contributed by atoms with Gasteiger partial charge in [-0.25, -0.2) is 8.78 Å². The van der Waals surface area contributed by atoms with Crippen LogP contribution in [0.4, 0.5) is 20.2 Å². The third-order valence-corrected chi connectivity index (χ3v) is 3.88. The van der Waals surface area contributed by atoms with Gasteiger partial charge in [-0.3, -0.25) is 19.8 Å². The Labute approximate surface area is 155 Å². The molecule has 0 saturated carbocycles. The van der Waals surface area contributed by atoms with Gasteiger partial charge in [-0.2, -0.15) is 0 Å². The van der Waals surface area contributed by atoms with Crippen LogP contribution in [0.25, 0.3) is 0 Å². The highest BCUT2D eigenvalue weighted by molar-refractivity contribution is 5.83. The summed E-state index contributed by atoms with van der Waals surface area (Å²) in [6.07, 6.45) is 0. The maximum absolute atomic E-state index is 14.0. The quantitative estimate of drug-likeness (QED) is 0.419. The number of nitrogens with one attached hydrogen (secondary N) is 2. The summed E-state index contributed by atoms with van der Waals surface area (Å²) in [6, 6.07) is 8.40. The number of likely N-dealkylation sites (N-methyl/N-ethyl adjacent to an activating group) is 1. The lowest BCUT2D eigenvalue weighted by atomic mass is 10.0. The van der Waals surface area contributed by atoms with Crippen molar-refractivity contribution in [3.8, 4) is 0 Å². The average Bonchev–Trinajstić information content (AvgIpc) is 2.61. The Morgan fingerprint density at radius 3 is 2.33 bits per heavy atom. The number of hydrogen-bond acceptors (Lipinski definition) is 5. The Morgan fingerprint density at radius 2 is 1.74 bits per heavy atom. The van der Waals surface area contributed by atoms with E-state index in [0.29, 0.717) is 5.69 Å². The number of carbonyl (C=O) groups is 1. The zero-order valence-electron chi connectivity index (χ0n) is 14.9. The van der Waals surface area contributed by atoms with E-state index in [-0.39, 0.29) is 24.3 Å². The average molecular weight is 378 g/mol. The molecule has 2 aromatic carbocycles. The van der Waals surface area contributed by atoms with E-state index in [9.17, 15) is 23.7 Å². The van der Waals surface area contributed by atoms with Gasteiger partial charge in [0.25, 0.3) is 5.69 Å². The highest BCUT2D eigenvalue weighted by Gasteiger charge is 2.28. The maximum Gasteiger partial charge on any atom is 0.292 e. The van der Waals surface area contributed by atoms with Gasteiger partial charge in [0.1, 0.15) is 23.4 Å². The van der Waals surface area contributed by atoms with Crippen molar-refractivity contribution in [3.63, 3.8) is 0 Å². The van der Waals surface area contributed by atoms with Crippen molar-refractivity contribution >= 4 is 17.3 Å². The molecule has 144 valence electrons. The van der Waals surface area contributed by atoms with Gasteiger partial charge in [0, 0.05) is 19.2 Å². The van der Waals surface area contributed by atoms with Crippen molar-refractivity contribution in [1.29, 1.82) is 0 Å². The summed E-state index contributed by atoms with van der Waals surface area (Å²) in [5, 5.41) is 16.4. The molecule has 0 aliphatic carbocycles. The van der Waals surface area contributed by atoms with E-state index < -0.39 is 28.5 Å². The summed E-state index contributed by atoms with van der Waals surface area (Å²) >= 11 is 0. The first-order chi connectivity index (χ1) is 12.8. The molecule has 0 fully saturated rings. The van der Waals surface area contributed by atoms with Crippen LogP contribution >= 0.6 is 0 Å². The first-order valence-electron chi connectivity index (χ1n) is 8.18. The van der Waals surface area contributed by atoms with E-state index in [4.69, 9.17) is 0 Å². The molecule has 9 heteroatoms. The summed E-state index contributed by atoms with van der Waals surface area (Å²) in [7, 11) is 3.09. The zero-order chi connectivity index (χ0) is 20.0. The van der Waals surface area contributed by atoms with Crippen molar-refractivity contribution < 1.29 is 18.5 Å². The van der Waals surface area contributed by atoms with Crippen molar-refractivity contribution in [1.82, 2.24) is 10.2 Å². The zero-order valence-corrected chi connectivity index (χ0v) is 14.9. The molecule has 27 heavy (non-hydrogen) atoms. The van der Waals surface area contributed by atoms with Crippen molar-refractivity contribution in [3.05, 3.63) is 69.8 Å². The van der Waals surface area contributed by atoms with Gasteiger partial charge in [-0.05, 0) is 32.3 Å². The van der Waals surface area contributed by atoms with Crippen molar-refractivity contribution in [2.75, 3.05) is 32.5 Å². The highest BCUT2D eigenvalue weighted by Crippen LogP contribution is 2.25. The first kappa shape index (κ1) is 20.2. The molecule has 2 rings (SSSR count). The molecule has 2 N–H and O–H groups in total. The summed E-state index contributed by atoms with van der Waals surface area (Å²) in [5.41, 5.74) is -0.0869. The third-order valence-electron chi connectivity index (χ3n) is 3.88. The Balaban J connectivity index is 2.01. The van der Waals surface area contributed by atoms with Crippen LogP contribution in [0, 0.1) is 21.7 Å². The number of para-hydroxylation sites is 2. The predicted molar refractivity (Wildman–Crippen MR) is 97.4 cm³/mol. The minimum absolute atomic E-state index is 0.0802. The van der Waals surface area contributed by atoms with Crippen molar-refractivity contribution in [2.45, 2.75) is 6.04 Å². The Kier molecular flexibility index (Phi) is 6.78. The number of amides is 1. The molecule has 0 bridgehead atoms. The normalized spacial score (nSPS) is 11.9. The number of nitrogens with zero attached hydrogens (tertiary/aromatic N) is 2. The van der Waals surface area contributed by atoms with Crippen molar-refractivity contribution in [2.24, 2.45) is 0 Å². The Bertz CT molecular complexity index is 810. The maximum atomic E-state index is 14.0. The number of rotatable bonds is 8. The van der Waals surface area contributed by atoms with E-state index >= 15 is 0 Å². The number of benzene rings is 2. The summed E-state index contributed by atoms with van der Waals surface area (Å²) in [5.74, 6) is -2.18. The van der Waals surface area contributed by atoms with Crippen LogP contribution in [0.15, 0.2) is 42.5 Å². The van der Waals surface area contributed by atoms with Gasteiger partial charge in [-0.1, -0.05) is 18.2 Å². The monoisotopic (exact) mass is 378 g/mol. The van der Waals surface area contributed by atoms with Crippen LogP contribution in [-0.2, 0) is 4.79 Å². The van der Waals surface area contributed by atoms with Crippen LogP contribution in [-0.4, -0.2) is 42.9 Å². The molecule has 0 aliphatic heterocycles. The molecular weight excluding hydrogens is 358 g/mol. The fraction of sp³-hybridized carbons (Fsp3) is 0.278. The Morgan fingerprint density at radius 1 is 1.11 bits per heavy atom. The van der Waals surface area contributed by atoms with Crippen LogP contribution in [0.3, 0.4) is 0 Å². The highest BCUT2D eigenvalue weighted by atomic mass is 19.1. The Hall–Kier alpha value is -3.07. The standard InChI is InChI=1S/C18H20F2N4O3/c1-23(2)17(16-12(19)6-5-7-13(16)20)18(25)22-11-10-21-14-8-3-4-9-15(14)24(26)27/h3-9,17,21H,10-11H2,1-2H3,(H,22,25). The van der Waals surface area contributed by atoms with Crippen LogP contribution < -0.4 is 10.6 Å². The number of halogens is 2. The van der Waals surface area contributed by atoms with E-state index in [1.807, 2.05) is 0 Å². The minimum atomic E-state index is -1.14. The number of hydrogen-bond donors (Lipinski definition) is 2. The molecule has 0 aliphatic rings. The van der Waals surface area contributed by atoms with E-state index in [2.05, 4.69) is 10.6 Å². The van der Waals surface area contributed by atoms with Crippen LogP contribution in [0.1, 0.15) is 11.6 Å². The number of anilines is 1.